The monoisotopic (exact) mass is 1120 g/mol. The second kappa shape index (κ2) is 32.3. The van der Waals surface area contributed by atoms with Crippen LogP contribution in [0.2, 0.25) is 0 Å². The number of thioether (sulfide) groups is 3. The van der Waals surface area contributed by atoms with Gasteiger partial charge in [-0.25, -0.2) is 10.2 Å². The highest BCUT2D eigenvalue weighted by Gasteiger charge is 2.53. The van der Waals surface area contributed by atoms with E-state index in [9.17, 15) is 50.1 Å². The summed E-state index contributed by atoms with van der Waals surface area (Å²) in [5, 5.41) is 88.1. The first-order chi connectivity index (χ1) is 34.6. The molecule has 27 heteroatoms. The fourth-order valence-electron chi connectivity index (χ4n) is 7.38. The van der Waals surface area contributed by atoms with E-state index in [1.54, 1.807) is 44.3 Å². The summed E-state index contributed by atoms with van der Waals surface area (Å²) in [6, 6.07) is 0. The standard InChI is InChI=1S/C47H87N5O19S3/c1-26(2)65-24-30-35(56)36(57)39(64-18-12-19-72-21-15-49-31(48)25-74-43-37(58)40(59)47(61,62)28(4)67-43)41(69-30)66-23-29-27(3)34(55)38(42(68-29)70-45(5,6)7)63-17-11-20-73-22-16-50-32(53)13-14-33(54)51-52-44(60)71-46(8,9)10/h26-30,34-43,55-59,61-62H,11-25H2,1-10H3,(H2,48,49)(H,50,53)(H,51,54)(H,52,60)/t27-,28?,29?,30?,34?,35-,36?,37?,38?,39?,40?,41?,42?,43+/m1/s1. The Balaban J connectivity index is 1.43. The van der Waals surface area contributed by atoms with Gasteiger partial charge in [0.05, 0.1) is 42.9 Å². The van der Waals surface area contributed by atoms with E-state index in [0.29, 0.717) is 55.5 Å². The van der Waals surface area contributed by atoms with E-state index in [2.05, 4.69) is 21.5 Å². The lowest BCUT2D eigenvalue weighted by molar-refractivity contribution is -0.342. The van der Waals surface area contributed by atoms with Crippen molar-refractivity contribution in [2.45, 2.75) is 197 Å². The van der Waals surface area contributed by atoms with Crippen LogP contribution in [0.15, 0.2) is 0 Å². The van der Waals surface area contributed by atoms with Crippen LogP contribution in [0.4, 0.5) is 4.79 Å². The van der Waals surface area contributed by atoms with Crippen LogP contribution >= 0.6 is 35.3 Å². The molecular formula is C47H87N5O19S3. The molecule has 3 aliphatic rings. The minimum atomic E-state index is -2.59. The minimum absolute atomic E-state index is 0.0128. The largest absolute Gasteiger partial charge is 0.443 e. The number of aliphatic hydroxyl groups excluding tert-OH is 5. The third kappa shape index (κ3) is 23.6. The molecule has 0 aromatic heterocycles. The van der Waals surface area contributed by atoms with Gasteiger partial charge in [-0.2, -0.15) is 23.5 Å². The van der Waals surface area contributed by atoms with Crippen molar-refractivity contribution < 1.29 is 92.8 Å². The molecule has 0 saturated carbocycles. The van der Waals surface area contributed by atoms with E-state index in [1.165, 1.54) is 6.92 Å². The Kier molecular flexibility index (Phi) is 29.0. The molecule has 0 aromatic rings. The molecule has 11 unspecified atom stereocenters. The van der Waals surface area contributed by atoms with Crippen LogP contribution in [-0.4, -0.2) is 230 Å². The molecule has 3 rings (SSSR count). The third-order valence-electron chi connectivity index (χ3n) is 11.5. The maximum absolute atomic E-state index is 12.2. The van der Waals surface area contributed by atoms with E-state index in [4.69, 9.17) is 48.0 Å². The van der Waals surface area contributed by atoms with Crippen molar-refractivity contribution in [1.29, 1.82) is 5.41 Å². The van der Waals surface area contributed by atoms with Crippen molar-refractivity contribution in [3.05, 3.63) is 0 Å². The highest BCUT2D eigenvalue weighted by atomic mass is 32.2. The molecule has 0 aromatic carbocycles. The molecule has 0 radical (unpaired) electrons. The predicted octanol–water partition coefficient (Wildman–Crippen LogP) is 0.329. The lowest BCUT2D eigenvalue weighted by Crippen LogP contribution is -2.64. The fraction of sp³-hybridized carbons (Fsp3) is 0.915. The van der Waals surface area contributed by atoms with E-state index in [0.717, 1.165) is 11.8 Å². The van der Waals surface area contributed by atoms with Gasteiger partial charge in [-0.15, -0.1) is 11.8 Å². The number of hydrogen-bond acceptors (Lipinski definition) is 23. The molecule has 0 aliphatic carbocycles. The van der Waals surface area contributed by atoms with E-state index < -0.39 is 114 Å². The molecule has 3 amide bonds. The average molecular weight is 1120 g/mol. The molecule has 3 fully saturated rings. The quantitative estimate of drug-likeness (QED) is 0.0158. The van der Waals surface area contributed by atoms with Gasteiger partial charge in [0.15, 0.2) is 12.6 Å². The zero-order chi connectivity index (χ0) is 55.4. The Labute approximate surface area is 448 Å². The fourth-order valence-corrected chi connectivity index (χ4v) is 9.95. The van der Waals surface area contributed by atoms with Crippen LogP contribution in [0.25, 0.3) is 0 Å². The van der Waals surface area contributed by atoms with Crippen LogP contribution in [0.3, 0.4) is 0 Å². The summed E-state index contributed by atoms with van der Waals surface area (Å²) >= 11 is 4.26. The molecule has 12 N–H and O–H groups in total. The van der Waals surface area contributed by atoms with Gasteiger partial charge >= 0.3 is 6.09 Å². The van der Waals surface area contributed by atoms with E-state index in [-0.39, 0.29) is 56.3 Å². The molecule has 3 aliphatic heterocycles. The van der Waals surface area contributed by atoms with Crippen LogP contribution in [-0.2, 0) is 52.2 Å². The normalized spacial score (nSPS) is 30.4. The van der Waals surface area contributed by atoms with Crippen molar-refractivity contribution >= 4 is 59.0 Å². The number of rotatable bonds is 29. The van der Waals surface area contributed by atoms with Crippen LogP contribution in [0.5, 0.6) is 0 Å². The summed E-state index contributed by atoms with van der Waals surface area (Å²) in [7, 11) is 0. The van der Waals surface area contributed by atoms with Crippen molar-refractivity contribution in [3.63, 3.8) is 0 Å². The molecule has 74 heavy (non-hydrogen) atoms. The number of hydrogen-bond donors (Lipinski definition) is 12. The van der Waals surface area contributed by atoms with Gasteiger partial charge in [0.1, 0.15) is 65.7 Å². The molecular weight excluding hydrogens is 1030 g/mol. The Morgan fingerprint density at radius 2 is 1.27 bits per heavy atom. The van der Waals surface area contributed by atoms with Crippen molar-refractivity contribution in [2.24, 2.45) is 5.92 Å². The van der Waals surface area contributed by atoms with Gasteiger partial charge < -0.3 is 89.0 Å². The van der Waals surface area contributed by atoms with Crippen LogP contribution in [0, 0.1) is 11.3 Å². The van der Waals surface area contributed by atoms with Gasteiger partial charge in [-0.1, -0.05) is 6.92 Å². The summed E-state index contributed by atoms with van der Waals surface area (Å²) in [6.07, 6.45) is -13.9. The lowest BCUT2D eigenvalue weighted by Gasteiger charge is -2.46. The second-order valence-electron chi connectivity index (χ2n) is 20.6. The first kappa shape index (κ1) is 66.4. The highest BCUT2D eigenvalue weighted by Crippen LogP contribution is 2.35. The lowest BCUT2D eigenvalue weighted by atomic mass is 9.90. The number of ether oxygens (including phenoxy) is 9. The summed E-state index contributed by atoms with van der Waals surface area (Å²) < 4.78 is 53.7. The van der Waals surface area contributed by atoms with Gasteiger partial charge in [0, 0.05) is 56.6 Å². The number of aliphatic hydroxyl groups is 7. The zero-order valence-corrected chi connectivity index (χ0v) is 47.0. The number of carbonyl (C=O) groups is 3. The Morgan fingerprint density at radius 1 is 0.689 bits per heavy atom. The maximum atomic E-state index is 12.2. The zero-order valence-electron chi connectivity index (χ0n) is 44.5. The minimum Gasteiger partial charge on any atom is -0.443 e. The SMILES string of the molecule is CC(C)OCC1OC(OCC2OC(OC(C)(C)C)C(OCCCSCCNC(=O)CCC(=O)NNC(=O)OC(C)(C)C)C(O)[C@@H]2C)C(OCCCSCCNC(=N)CS[C@@H]2OC(C)C(O)(O)C(O)C2O)C(O)[C@@H]1O. The molecule has 3 saturated heterocycles. The molecule has 3 heterocycles. The Morgan fingerprint density at radius 3 is 1.86 bits per heavy atom. The number of amides is 3. The molecule has 0 bridgehead atoms. The van der Waals surface area contributed by atoms with Crippen molar-refractivity contribution in [2.75, 3.05) is 68.3 Å². The predicted molar refractivity (Wildman–Crippen MR) is 277 cm³/mol. The van der Waals surface area contributed by atoms with Crippen molar-refractivity contribution in [1.82, 2.24) is 21.5 Å². The Hall–Kier alpha value is -1.87. The van der Waals surface area contributed by atoms with Gasteiger partial charge in [-0.05, 0) is 86.7 Å². The van der Waals surface area contributed by atoms with Crippen LogP contribution < -0.4 is 21.5 Å². The molecule has 24 nitrogen and oxygen atoms in total. The summed E-state index contributed by atoms with van der Waals surface area (Å²) in [4.78, 5) is 35.9. The highest BCUT2D eigenvalue weighted by molar-refractivity contribution is 8.00. The third-order valence-corrected chi connectivity index (χ3v) is 14.8. The van der Waals surface area contributed by atoms with Crippen LogP contribution in [0.1, 0.15) is 94.9 Å². The summed E-state index contributed by atoms with van der Waals surface area (Å²) in [5.74, 6) is -0.989. The number of hydrazine groups is 1. The Bertz CT molecular complexity index is 1680. The smallest absolute Gasteiger partial charge is 0.426 e. The number of carbonyl (C=O) groups excluding carboxylic acids is 3. The topological polar surface area (TPSA) is 348 Å². The van der Waals surface area contributed by atoms with Gasteiger partial charge in [-0.3, -0.25) is 20.4 Å². The summed E-state index contributed by atoms with van der Waals surface area (Å²) in [5.41, 5.74) is 2.01. The summed E-state index contributed by atoms with van der Waals surface area (Å²) in [6.45, 7) is 18.8. The molecule has 0 spiro atoms. The van der Waals surface area contributed by atoms with E-state index >= 15 is 0 Å². The van der Waals surface area contributed by atoms with Gasteiger partial charge in [0.2, 0.25) is 17.6 Å². The number of nitrogens with one attached hydrogen (secondary N) is 5. The molecule has 432 valence electrons. The van der Waals surface area contributed by atoms with Gasteiger partial charge in [0.25, 0.3) is 0 Å². The maximum Gasteiger partial charge on any atom is 0.426 e. The first-order valence-electron chi connectivity index (χ1n) is 25.2. The first-order valence-corrected chi connectivity index (χ1v) is 28.6. The van der Waals surface area contributed by atoms with Crippen molar-refractivity contribution in [3.8, 4) is 0 Å². The molecule has 14 atom stereocenters. The second-order valence-corrected chi connectivity index (χ2v) is 24.1. The number of amidine groups is 1. The van der Waals surface area contributed by atoms with E-state index in [1.807, 2.05) is 41.5 Å². The average Bonchev–Trinajstić information content (AvgIpc) is 3.31.